The van der Waals surface area contributed by atoms with Gasteiger partial charge < -0.3 is 31.3 Å². The first-order valence-electron chi connectivity index (χ1n) is 18.0. The van der Waals surface area contributed by atoms with Gasteiger partial charge in [0.25, 0.3) is 11.8 Å². The standard InChI is InChI=1S/C38H58N6O7S/c1-23(2)15-32(33(45)16-25(5)35(46)42-34(24(3)4)38(49)39-20-27-21-43(7)22-27)41-37(48)30-17-29(18-31(19-30)44(8)52(9,50)51)36(47)40-26(6)28-13-11-10-12-14-28/h10-14,17-19,23-27,32-34,45H,15-16,20-22H2,1-9H3,(H,39,49)(H,40,47)(H,41,48)(H,42,46). The van der Waals surface area contributed by atoms with Crippen molar-refractivity contribution < 1.29 is 32.7 Å². The maximum absolute atomic E-state index is 13.8. The van der Waals surface area contributed by atoms with Crippen LogP contribution < -0.4 is 25.6 Å². The maximum Gasteiger partial charge on any atom is 0.251 e. The molecular weight excluding hydrogens is 685 g/mol. The number of carbonyl (C=O) groups excluding carboxylic acids is 4. The monoisotopic (exact) mass is 742 g/mol. The van der Waals surface area contributed by atoms with Gasteiger partial charge in [-0.2, -0.15) is 0 Å². The Hall–Kier alpha value is -4.01. The van der Waals surface area contributed by atoms with Crippen LogP contribution in [0.5, 0.6) is 0 Å². The molecule has 5 N–H and O–H groups in total. The Labute approximate surface area is 309 Å². The van der Waals surface area contributed by atoms with E-state index in [9.17, 15) is 32.7 Å². The summed E-state index contributed by atoms with van der Waals surface area (Å²) in [5.41, 5.74) is 1.09. The largest absolute Gasteiger partial charge is 0.391 e. The molecule has 5 atom stereocenters. The lowest BCUT2D eigenvalue weighted by Gasteiger charge is -2.36. The molecular formula is C38H58N6O7S. The first-order valence-corrected chi connectivity index (χ1v) is 19.8. The maximum atomic E-state index is 13.8. The summed E-state index contributed by atoms with van der Waals surface area (Å²) in [7, 11) is -0.391. The Kier molecular flexibility index (Phi) is 15.2. The molecule has 0 aliphatic carbocycles. The molecule has 13 nitrogen and oxygen atoms in total. The SMILES string of the molecule is CC(C)CC(NC(=O)c1cc(C(=O)NC(C)c2ccccc2)cc(N(C)S(C)(=O)=O)c1)C(O)CC(C)C(=O)NC(C(=O)NCC1CN(C)C1)C(C)C. The van der Waals surface area contributed by atoms with Crippen LogP contribution in [0, 0.1) is 23.7 Å². The van der Waals surface area contributed by atoms with E-state index in [1.54, 1.807) is 6.92 Å². The number of amides is 4. The second-order valence-corrected chi connectivity index (χ2v) is 17.1. The normalized spacial score (nSPS) is 16.6. The van der Waals surface area contributed by atoms with Crippen LogP contribution in [0.1, 0.15) is 86.7 Å². The van der Waals surface area contributed by atoms with Crippen LogP contribution in [0.4, 0.5) is 5.69 Å². The predicted molar refractivity (Wildman–Crippen MR) is 203 cm³/mol. The summed E-state index contributed by atoms with van der Waals surface area (Å²) < 4.78 is 25.9. The van der Waals surface area contributed by atoms with E-state index in [1.807, 2.05) is 72.0 Å². The zero-order valence-electron chi connectivity index (χ0n) is 32.0. The van der Waals surface area contributed by atoms with Gasteiger partial charge >= 0.3 is 0 Å². The molecule has 1 aliphatic rings. The number of benzene rings is 2. The minimum Gasteiger partial charge on any atom is -0.391 e. The Morgan fingerprint density at radius 1 is 0.865 bits per heavy atom. The molecule has 288 valence electrons. The van der Waals surface area contributed by atoms with E-state index in [0.717, 1.165) is 29.2 Å². The summed E-state index contributed by atoms with van der Waals surface area (Å²) in [6.45, 7) is 13.4. The summed E-state index contributed by atoms with van der Waals surface area (Å²) in [5.74, 6) is -2.17. The van der Waals surface area contributed by atoms with Gasteiger partial charge in [0.15, 0.2) is 0 Å². The number of nitrogens with one attached hydrogen (secondary N) is 4. The summed E-state index contributed by atoms with van der Waals surface area (Å²) in [4.78, 5) is 55.7. The average Bonchev–Trinajstić information content (AvgIpc) is 3.06. The molecule has 0 saturated carbocycles. The molecule has 5 unspecified atom stereocenters. The number of anilines is 1. The average molecular weight is 743 g/mol. The topological polar surface area (TPSA) is 177 Å². The smallest absolute Gasteiger partial charge is 0.251 e. The van der Waals surface area contributed by atoms with Gasteiger partial charge in [-0.15, -0.1) is 0 Å². The van der Waals surface area contributed by atoms with E-state index in [4.69, 9.17) is 0 Å². The van der Waals surface area contributed by atoms with Crippen molar-refractivity contribution in [2.24, 2.45) is 23.7 Å². The van der Waals surface area contributed by atoms with Crippen molar-refractivity contribution in [3.8, 4) is 0 Å². The molecule has 4 amide bonds. The van der Waals surface area contributed by atoms with Crippen molar-refractivity contribution in [3.05, 3.63) is 65.2 Å². The lowest BCUT2D eigenvalue weighted by atomic mass is 9.91. The third-order valence-corrected chi connectivity index (χ3v) is 10.7. The second kappa shape index (κ2) is 18.7. The van der Waals surface area contributed by atoms with Gasteiger partial charge in [-0.05, 0) is 62.4 Å². The number of sulfonamides is 1. The van der Waals surface area contributed by atoms with Crippen molar-refractivity contribution in [2.75, 3.05) is 44.3 Å². The van der Waals surface area contributed by atoms with Crippen LogP contribution in [0.2, 0.25) is 0 Å². The Balaban J connectivity index is 1.77. The van der Waals surface area contributed by atoms with Crippen LogP contribution in [-0.2, 0) is 19.6 Å². The third kappa shape index (κ3) is 12.3. The quantitative estimate of drug-likeness (QED) is 0.155. The van der Waals surface area contributed by atoms with Crippen LogP contribution in [-0.4, -0.2) is 100 Å². The molecule has 0 aromatic heterocycles. The van der Waals surface area contributed by atoms with Gasteiger partial charge in [0.05, 0.1) is 30.1 Å². The number of aliphatic hydroxyl groups excluding tert-OH is 1. The van der Waals surface area contributed by atoms with Crippen LogP contribution in [0.25, 0.3) is 0 Å². The van der Waals surface area contributed by atoms with E-state index in [0.29, 0.717) is 18.9 Å². The van der Waals surface area contributed by atoms with Crippen LogP contribution >= 0.6 is 0 Å². The molecule has 2 aromatic carbocycles. The molecule has 0 spiro atoms. The molecule has 1 fully saturated rings. The molecule has 3 rings (SSSR count). The Morgan fingerprint density at radius 2 is 1.44 bits per heavy atom. The molecule has 1 aliphatic heterocycles. The molecule has 2 aromatic rings. The number of likely N-dealkylation sites (tertiary alicyclic amines) is 1. The fourth-order valence-corrected chi connectivity index (χ4v) is 6.69. The molecule has 1 heterocycles. The van der Waals surface area contributed by atoms with E-state index in [-0.39, 0.29) is 52.9 Å². The van der Waals surface area contributed by atoms with E-state index >= 15 is 0 Å². The highest BCUT2D eigenvalue weighted by molar-refractivity contribution is 7.92. The Bertz CT molecular complexity index is 1650. The molecule has 52 heavy (non-hydrogen) atoms. The van der Waals surface area contributed by atoms with Crippen molar-refractivity contribution in [2.45, 2.75) is 78.6 Å². The number of aliphatic hydroxyl groups is 1. The number of nitrogens with zero attached hydrogens (tertiary/aromatic N) is 2. The highest BCUT2D eigenvalue weighted by Crippen LogP contribution is 2.23. The highest BCUT2D eigenvalue weighted by atomic mass is 32.2. The number of hydrogen-bond acceptors (Lipinski definition) is 8. The summed E-state index contributed by atoms with van der Waals surface area (Å²) >= 11 is 0. The van der Waals surface area contributed by atoms with E-state index in [2.05, 4.69) is 26.2 Å². The van der Waals surface area contributed by atoms with Crippen LogP contribution in [0.15, 0.2) is 48.5 Å². The summed E-state index contributed by atoms with van der Waals surface area (Å²) in [6.07, 6.45) is 0.268. The number of hydrogen-bond donors (Lipinski definition) is 5. The van der Waals surface area contributed by atoms with Crippen LogP contribution in [0.3, 0.4) is 0 Å². The second-order valence-electron chi connectivity index (χ2n) is 15.1. The van der Waals surface area contributed by atoms with Gasteiger partial charge in [-0.25, -0.2) is 8.42 Å². The summed E-state index contributed by atoms with van der Waals surface area (Å²) in [6, 6.07) is 11.6. The first-order chi connectivity index (χ1) is 24.3. The predicted octanol–water partition coefficient (Wildman–Crippen LogP) is 2.92. The van der Waals surface area contributed by atoms with Gasteiger partial charge in [-0.1, -0.05) is 65.0 Å². The van der Waals surface area contributed by atoms with Gasteiger partial charge in [-0.3, -0.25) is 23.5 Å². The molecule has 14 heteroatoms. The minimum absolute atomic E-state index is 0.00618. The van der Waals surface area contributed by atoms with Crippen molar-refractivity contribution in [1.82, 2.24) is 26.2 Å². The molecule has 1 saturated heterocycles. The van der Waals surface area contributed by atoms with Gasteiger partial charge in [0.2, 0.25) is 21.8 Å². The zero-order chi connectivity index (χ0) is 38.9. The van der Waals surface area contributed by atoms with Crippen molar-refractivity contribution >= 4 is 39.3 Å². The zero-order valence-corrected chi connectivity index (χ0v) is 32.8. The first kappa shape index (κ1) is 42.4. The fraction of sp³-hybridized carbons (Fsp3) is 0.579. The number of rotatable bonds is 18. The van der Waals surface area contributed by atoms with E-state index < -0.39 is 45.9 Å². The van der Waals surface area contributed by atoms with Crippen molar-refractivity contribution in [1.29, 1.82) is 0 Å². The fourth-order valence-electron chi connectivity index (χ4n) is 6.20. The van der Waals surface area contributed by atoms with Gasteiger partial charge in [0.1, 0.15) is 6.04 Å². The Morgan fingerprint density at radius 3 is 1.96 bits per heavy atom. The third-order valence-electron chi connectivity index (χ3n) is 9.45. The minimum atomic E-state index is -3.74. The molecule has 0 bridgehead atoms. The summed E-state index contributed by atoms with van der Waals surface area (Å²) in [5, 5.41) is 23.0. The molecule has 0 radical (unpaired) electrons. The number of carbonyl (C=O) groups is 4. The van der Waals surface area contributed by atoms with E-state index in [1.165, 1.54) is 25.2 Å². The van der Waals surface area contributed by atoms with Crippen molar-refractivity contribution in [3.63, 3.8) is 0 Å². The lowest BCUT2D eigenvalue weighted by Crippen LogP contribution is -2.55. The van der Waals surface area contributed by atoms with Gasteiger partial charge in [0, 0.05) is 49.6 Å². The lowest BCUT2D eigenvalue weighted by molar-refractivity contribution is -0.132. The highest BCUT2D eigenvalue weighted by Gasteiger charge is 2.32.